The molecule has 0 amide bonds. The van der Waals surface area contributed by atoms with Gasteiger partial charge in [0, 0.05) is 51.4 Å². The van der Waals surface area contributed by atoms with Crippen molar-refractivity contribution in [1.29, 1.82) is 0 Å². The van der Waals surface area contributed by atoms with E-state index in [1.807, 2.05) is 30.1 Å². The third kappa shape index (κ3) is 12.7. The maximum Gasteiger partial charge on any atom is 0.284 e. The van der Waals surface area contributed by atoms with Crippen LogP contribution in [-0.2, 0) is 6.54 Å². The number of amidine groups is 1. The first-order valence-corrected chi connectivity index (χ1v) is 24.0. The molecule has 3 unspecified atom stereocenters. The first-order chi connectivity index (χ1) is 31.4. The number of aromatic nitrogens is 4. The van der Waals surface area contributed by atoms with E-state index in [2.05, 4.69) is 118 Å². The third-order valence-corrected chi connectivity index (χ3v) is 13.8. The molecule has 1 saturated heterocycles. The molecule has 352 valence electrons. The third-order valence-electron chi connectivity index (χ3n) is 13.8. The molecule has 2 aliphatic carbocycles. The molecular formula is C52H75F2N11. The Morgan fingerprint density at radius 2 is 1.82 bits per heavy atom. The van der Waals surface area contributed by atoms with Gasteiger partial charge in [0.15, 0.2) is 5.69 Å². The summed E-state index contributed by atoms with van der Waals surface area (Å²) in [6.07, 6.45) is 21.9. The molecule has 3 aliphatic heterocycles. The van der Waals surface area contributed by atoms with E-state index in [0.29, 0.717) is 17.8 Å². The average Bonchev–Trinajstić information content (AvgIpc) is 4.12. The molecule has 5 heterocycles. The van der Waals surface area contributed by atoms with Crippen molar-refractivity contribution >= 4 is 34.8 Å². The van der Waals surface area contributed by atoms with Crippen molar-refractivity contribution in [2.24, 2.45) is 16.8 Å². The lowest BCUT2D eigenvalue weighted by Crippen LogP contribution is -2.34. The molecule has 2 saturated carbocycles. The minimum absolute atomic E-state index is 0.131. The molecule has 65 heavy (non-hydrogen) atoms. The van der Waals surface area contributed by atoms with Crippen LogP contribution in [0.25, 0.3) is 6.08 Å². The molecule has 1 aromatic carbocycles. The van der Waals surface area contributed by atoms with E-state index in [0.717, 1.165) is 103 Å². The van der Waals surface area contributed by atoms with Crippen molar-refractivity contribution in [3.63, 3.8) is 0 Å². The number of fused-ring (bicyclic) bond motifs is 2. The number of anilines is 4. The Hall–Kier alpha value is -5.35. The normalized spacial score (nSPS) is 20.9. The van der Waals surface area contributed by atoms with E-state index in [9.17, 15) is 8.78 Å². The van der Waals surface area contributed by atoms with Gasteiger partial charge in [-0.05, 0) is 108 Å². The highest BCUT2D eigenvalue weighted by Crippen LogP contribution is 2.44. The van der Waals surface area contributed by atoms with Gasteiger partial charge in [0.25, 0.3) is 6.43 Å². The number of aliphatic imine (C=N–C) groups is 1. The molecule has 2 aromatic heterocycles. The number of rotatable bonds is 13. The zero-order valence-corrected chi connectivity index (χ0v) is 39.9. The standard InChI is InChI=1S/C27H38N4.C14H20N4.C11H17F2N3/c1-7-25(16-15-21(2)28-4)31-22(3)30(6)27-24(13-10-14-26(27)31)12-9-8-11-23-17-19-29(5)20-18-23;1-3-11-9-15-18-7-6-13(17-14(11)18)16-12-5-4-10(2)8-12;1-14-9-7-16(15-10(9)11(12)13)8-5-3-2-4-6-8/h7,10,13-14,23,25,28H,1-3,8,11,15-20H2,4-6H3;3,9-10,12H,1,4-8H2,2H3,(H,16,17);7-8,11,14H,2-6H2,1H3. The Balaban J connectivity index is 0.000000174. The zero-order chi connectivity index (χ0) is 46.5. The predicted molar refractivity (Wildman–Crippen MR) is 268 cm³/mol. The molecule has 3 aromatic rings. The van der Waals surface area contributed by atoms with Crippen LogP contribution in [0, 0.1) is 23.7 Å². The van der Waals surface area contributed by atoms with Gasteiger partial charge in [-0.25, -0.2) is 13.5 Å². The van der Waals surface area contributed by atoms with E-state index >= 15 is 0 Å². The van der Waals surface area contributed by atoms with Gasteiger partial charge in [0.2, 0.25) is 0 Å². The summed E-state index contributed by atoms with van der Waals surface area (Å²) in [6.45, 7) is 22.0. The van der Waals surface area contributed by atoms with Gasteiger partial charge in [-0.1, -0.05) is 76.0 Å². The zero-order valence-electron chi connectivity index (χ0n) is 39.9. The second-order valence-electron chi connectivity index (χ2n) is 18.5. The molecule has 8 rings (SSSR count). The van der Waals surface area contributed by atoms with E-state index in [4.69, 9.17) is 4.99 Å². The van der Waals surface area contributed by atoms with Crippen LogP contribution < -0.4 is 25.8 Å². The monoisotopic (exact) mass is 892 g/mol. The number of hydrogen-bond acceptors (Lipinski definition) is 8. The summed E-state index contributed by atoms with van der Waals surface area (Å²) in [5, 5.41) is 17.7. The Morgan fingerprint density at radius 1 is 1.05 bits per heavy atom. The molecular weight excluding hydrogens is 817 g/mol. The number of likely N-dealkylation sites (tertiary alicyclic amines) is 1. The van der Waals surface area contributed by atoms with Crippen LogP contribution in [0.15, 0.2) is 79.5 Å². The van der Waals surface area contributed by atoms with Gasteiger partial charge in [-0.2, -0.15) is 10.2 Å². The van der Waals surface area contributed by atoms with E-state index in [1.54, 1.807) is 17.9 Å². The Labute approximate surface area is 388 Å². The molecule has 3 atom stereocenters. The largest absolute Gasteiger partial charge is 0.392 e. The second-order valence-corrected chi connectivity index (χ2v) is 18.5. The number of nitrogens with zero attached hydrogens (tertiary/aromatic N) is 8. The SMILES string of the molecule is C=CC(CCC(=C)NC)N1C(=C)N(C)c2c(C#CCCC3CCN(C)CC3)cccc21.C=Cc1cnn2c1NC(=NC1CCC(C)C1)CC2.CNc1cn(C2CCCCC2)nc1C(F)F. The van der Waals surface area contributed by atoms with Crippen LogP contribution in [0.5, 0.6) is 0 Å². The fourth-order valence-corrected chi connectivity index (χ4v) is 9.73. The molecule has 3 N–H and O–H groups in total. The smallest absolute Gasteiger partial charge is 0.284 e. The van der Waals surface area contributed by atoms with Gasteiger partial charge in [-0.15, -0.1) is 6.58 Å². The number of piperidine rings is 1. The summed E-state index contributed by atoms with van der Waals surface area (Å²) in [6, 6.07) is 7.37. The van der Waals surface area contributed by atoms with E-state index in [-0.39, 0.29) is 11.7 Å². The van der Waals surface area contributed by atoms with Gasteiger partial charge < -0.3 is 30.7 Å². The minimum Gasteiger partial charge on any atom is -0.392 e. The van der Waals surface area contributed by atoms with E-state index < -0.39 is 6.43 Å². The summed E-state index contributed by atoms with van der Waals surface area (Å²) in [5.41, 5.74) is 5.80. The minimum atomic E-state index is -2.51. The summed E-state index contributed by atoms with van der Waals surface area (Å²) in [4.78, 5) is 11.7. The average molecular weight is 892 g/mol. The number of allylic oxidation sites excluding steroid dienone is 1. The molecule has 5 aliphatic rings. The summed E-state index contributed by atoms with van der Waals surface area (Å²) < 4.78 is 29.1. The number of halogens is 2. The Bertz CT molecular complexity index is 2160. The molecule has 0 radical (unpaired) electrons. The predicted octanol–water partition coefficient (Wildman–Crippen LogP) is 11.3. The van der Waals surface area contributed by atoms with Crippen LogP contribution in [0.4, 0.5) is 31.7 Å². The quantitative estimate of drug-likeness (QED) is 0.115. The van der Waals surface area contributed by atoms with Crippen molar-refractivity contribution in [3.8, 4) is 11.8 Å². The number of aryl methyl sites for hydroxylation is 1. The fourth-order valence-electron chi connectivity index (χ4n) is 9.73. The van der Waals surface area contributed by atoms with Crippen LogP contribution in [0.1, 0.15) is 133 Å². The van der Waals surface area contributed by atoms with Gasteiger partial charge >= 0.3 is 0 Å². The van der Waals surface area contributed by atoms with Crippen molar-refractivity contribution in [2.45, 2.75) is 134 Å². The van der Waals surface area contributed by atoms with Crippen LogP contribution in [0.2, 0.25) is 0 Å². The maximum absolute atomic E-state index is 12.7. The highest BCUT2D eigenvalue weighted by atomic mass is 19.3. The summed E-state index contributed by atoms with van der Waals surface area (Å²) in [5.74, 6) is 11.7. The maximum atomic E-state index is 12.7. The molecule has 11 nitrogen and oxygen atoms in total. The Kier molecular flexibility index (Phi) is 17.9. The van der Waals surface area contributed by atoms with Crippen molar-refractivity contribution in [1.82, 2.24) is 29.8 Å². The highest BCUT2D eigenvalue weighted by Gasteiger charge is 2.33. The highest BCUT2D eigenvalue weighted by molar-refractivity contribution is 5.97. The molecule has 13 heteroatoms. The number of nitrogens with one attached hydrogen (secondary N) is 3. The van der Waals surface area contributed by atoms with Crippen molar-refractivity contribution in [2.75, 3.05) is 61.7 Å². The fraction of sp³-hybridized carbons (Fsp3) is 0.558. The first kappa shape index (κ1) is 49.1. The lowest BCUT2D eigenvalue weighted by Gasteiger charge is -2.29. The summed E-state index contributed by atoms with van der Waals surface area (Å²) >= 11 is 0. The summed E-state index contributed by atoms with van der Waals surface area (Å²) in [7, 11) is 7.86. The van der Waals surface area contributed by atoms with Crippen molar-refractivity contribution in [3.05, 3.63) is 91.3 Å². The van der Waals surface area contributed by atoms with Crippen LogP contribution in [-0.4, -0.2) is 83.7 Å². The lowest BCUT2D eigenvalue weighted by atomic mass is 9.92. The first-order valence-electron chi connectivity index (χ1n) is 24.0. The topological polar surface area (TPSA) is 93.8 Å². The molecule has 0 bridgehead atoms. The van der Waals surface area contributed by atoms with Gasteiger partial charge in [0.1, 0.15) is 17.5 Å². The number of para-hydroxylation sites is 1. The molecule has 3 fully saturated rings. The number of benzene rings is 1. The lowest BCUT2D eigenvalue weighted by molar-refractivity contribution is 0.144. The molecule has 0 spiro atoms. The van der Waals surface area contributed by atoms with E-state index in [1.165, 1.54) is 70.9 Å². The second kappa shape index (κ2) is 23.7. The number of alkyl halides is 2. The Morgan fingerprint density at radius 3 is 2.46 bits per heavy atom. The van der Waals surface area contributed by atoms with Gasteiger partial charge in [0.05, 0.1) is 53.5 Å². The van der Waals surface area contributed by atoms with Crippen LogP contribution >= 0.6 is 0 Å². The number of hydrogen-bond donors (Lipinski definition) is 3. The van der Waals surface area contributed by atoms with Gasteiger partial charge in [-0.3, -0.25) is 9.67 Å². The van der Waals surface area contributed by atoms with Crippen molar-refractivity contribution < 1.29 is 8.78 Å². The van der Waals surface area contributed by atoms with Crippen LogP contribution in [0.3, 0.4) is 0 Å².